The summed E-state index contributed by atoms with van der Waals surface area (Å²) in [7, 11) is 0. The van der Waals surface area contributed by atoms with Gasteiger partial charge in [-0.15, -0.1) is 0 Å². The summed E-state index contributed by atoms with van der Waals surface area (Å²) < 4.78 is 5.83. The summed E-state index contributed by atoms with van der Waals surface area (Å²) in [6.07, 6.45) is 2.20. The molecule has 2 unspecified atom stereocenters. The monoisotopic (exact) mass is 339 g/mol. The number of likely N-dealkylation sites (tertiary alicyclic amines) is 1. The molecule has 0 bridgehead atoms. The van der Waals surface area contributed by atoms with Gasteiger partial charge in [0.25, 0.3) is 5.91 Å². The minimum absolute atomic E-state index is 0.0216. The van der Waals surface area contributed by atoms with Crippen molar-refractivity contribution in [3.63, 3.8) is 0 Å². The fourth-order valence-electron chi connectivity index (χ4n) is 3.37. The minimum atomic E-state index is -0.390. The first-order valence-electron chi connectivity index (χ1n) is 8.89. The van der Waals surface area contributed by atoms with Crippen LogP contribution in [0.1, 0.15) is 42.1 Å². The van der Waals surface area contributed by atoms with Crippen molar-refractivity contribution in [2.45, 2.75) is 44.9 Å². The normalized spacial score (nSPS) is 18.2. The number of hydrogen-bond donors (Lipinski definition) is 1. The molecule has 1 N–H and O–H groups in total. The van der Waals surface area contributed by atoms with E-state index in [2.05, 4.69) is 0 Å². The lowest BCUT2D eigenvalue weighted by Crippen LogP contribution is -2.37. The molecule has 4 nitrogen and oxygen atoms in total. The zero-order valence-electron chi connectivity index (χ0n) is 14.6. The van der Waals surface area contributed by atoms with Crippen LogP contribution in [-0.4, -0.2) is 34.6 Å². The molecule has 0 saturated carbocycles. The fourth-order valence-corrected chi connectivity index (χ4v) is 3.37. The summed E-state index contributed by atoms with van der Waals surface area (Å²) in [6.45, 7) is 3.01. The lowest BCUT2D eigenvalue weighted by Gasteiger charge is -2.26. The van der Waals surface area contributed by atoms with Gasteiger partial charge >= 0.3 is 0 Å². The Labute approximate surface area is 149 Å². The number of benzene rings is 2. The van der Waals surface area contributed by atoms with Crippen molar-refractivity contribution < 1.29 is 14.6 Å². The number of carbonyl (C=O) groups is 1. The number of hydrogen-bond acceptors (Lipinski definition) is 3. The first kappa shape index (κ1) is 17.5. The highest BCUT2D eigenvalue weighted by Crippen LogP contribution is 2.25. The van der Waals surface area contributed by atoms with Gasteiger partial charge in [0, 0.05) is 18.2 Å². The Morgan fingerprint density at radius 1 is 1.24 bits per heavy atom. The Bertz CT molecular complexity index is 699. The van der Waals surface area contributed by atoms with Gasteiger partial charge in [0.2, 0.25) is 0 Å². The van der Waals surface area contributed by atoms with Crippen molar-refractivity contribution >= 4 is 5.91 Å². The second-order valence-electron chi connectivity index (χ2n) is 6.68. The third-order valence-electron chi connectivity index (χ3n) is 4.58. The lowest BCUT2D eigenvalue weighted by molar-refractivity contribution is 0.0681. The molecule has 1 aliphatic heterocycles. The van der Waals surface area contributed by atoms with Gasteiger partial charge in [0.1, 0.15) is 12.4 Å². The van der Waals surface area contributed by atoms with Gasteiger partial charge in [0.15, 0.2) is 0 Å². The Kier molecular flexibility index (Phi) is 5.71. The third-order valence-corrected chi connectivity index (χ3v) is 4.58. The van der Waals surface area contributed by atoms with E-state index in [1.54, 1.807) is 6.92 Å². The molecular formula is C21H25NO3. The average molecular weight is 339 g/mol. The van der Waals surface area contributed by atoms with E-state index in [0.717, 1.165) is 24.9 Å². The van der Waals surface area contributed by atoms with Crippen molar-refractivity contribution in [1.29, 1.82) is 0 Å². The van der Waals surface area contributed by atoms with E-state index in [4.69, 9.17) is 4.74 Å². The molecule has 1 saturated heterocycles. The largest absolute Gasteiger partial charge is 0.489 e. The minimum Gasteiger partial charge on any atom is -0.489 e. The van der Waals surface area contributed by atoms with Gasteiger partial charge in [-0.1, -0.05) is 36.4 Å². The van der Waals surface area contributed by atoms with Crippen LogP contribution in [0.25, 0.3) is 0 Å². The Morgan fingerprint density at radius 3 is 2.80 bits per heavy atom. The SMILES string of the molecule is CC(O)CC1CCCN1C(=O)c1cccc(OCc2ccccc2)c1. The second kappa shape index (κ2) is 8.17. The molecule has 1 fully saturated rings. The van der Waals surface area contributed by atoms with Crippen LogP contribution in [0.5, 0.6) is 5.75 Å². The maximum atomic E-state index is 12.9. The van der Waals surface area contributed by atoms with Crippen molar-refractivity contribution in [1.82, 2.24) is 4.90 Å². The molecular weight excluding hydrogens is 314 g/mol. The van der Waals surface area contributed by atoms with Gasteiger partial charge in [-0.05, 0) is 49.9 Å². The van der Waals surface area contributed by atoms with Crippen molar-refractivity contribution in [3.8, 4) is 5.75 Å². The fraction of sp³-hybridized carbons (Fsp3) is 0.381. The van der Waals surface area contributed by atoms with E-state index in [1.807, 2.05) is 59.5 Å². The van der Waals surface area contributed by atoms with E-state index in [1.165, 1.54) is 0 Å². The van der Waals surface area contributed by atoms with Gasteiger partial charge < -0.3 is 14.7 Å². The van der Waals surface area contributed by atoms with Crippen molar-refractivity contribution in [2.24, 2.45) is 0 Å². The molecule has 3 rings (SSSR count). The molecule has 0 aliphatic carbocycles. The molecule has 25 heavy (non-hydrogen) atoms. The molecule has 0 radical (unpaired) electrons. The number of ether oxygens (including phenoxy) is 1. The number of nitrogens with zero attached hydrogens (tertiary/aromatic N) is 1. The molecule has 2 aromatic carbocycles. The van der Waals surface area contributed by atoms with Crippen molar-refractivity contribution in [2.75, 3.05) is 6.54 Å². The Morgan fingerprint density at radius 2 is 2.04 bits per heavy atom. The first-order valence-corrected chi connectivity index (χ1v) is 8.89. The first-order chi connectivity index (χ1) is 12.1. The van der Waals surface area contributed by atoms with Gasteiger partial charge in [-0.3, -0.25) is 4.79 Å². The van der Waals surface area contributed by atoms with Crippen LogP contribution in [0.15, 0.2) is 54.6 Å². The number of aliphatic hydroxyl groups is 1. The van der Waals surface area contributed by atoms with E-state index < -0.39 is 0 Å². The average Bonchev–Trinajstić information content (AvgIpc) is 3.08. The van der Waals surface area contributed by atoms with E-state index in [9.17, 15) is 9.90 Å². The number of amides is 1. The summed E-state index contributed by atoms with van der Waals surface area (Å²) in [5, 5.41) is 9.65. The van der Waals surface area contributed by atoms with Crippen LogP contribution in [0, 0.1) is 0 Å². The number of aliphatic hydroxyl groups excluding tert-OH is 1. The van der Waals surface area contributed by atoms with Crippen LogP contribution in [0.3, 0.4) is 0 Å². The molecule has 0 spiro atoms. The molecule has 2 aromatic rings. The highest BCUT2D eigenvalue weighted by atomic mass is 16.5. The van der Waals surface area contributed by atoms with Crippen LogP contribution < -0.4 is 4.74 Å². The van der Waals surface area contributed by atoms with E-state index >= 15 is 0 Å². The van der Waals surface area contributed by atoms with Crippen LogP contribution in [0.2, 0.25) is 0 Å². The summed E-state index contributed by atoms with van der Waals surface area (Å²) in [6, 6.07) is 17.5. The van der Waals surface area contributed by atoms with Crippen LogP contribution >= 0.6 is 0 Å². The zero-order valence-corrected chi connectivity index (χ0v) is 14.6. The molecule has 4 heteroatoms. The summed E-state index contributed by atoms with van der Waals surface area (Å²) in [5.74, 6) is 0.717. The van der Waals surface area contributed by atoms with Crippen molar-refractivity contribution in [3.05, 3.63) is 65.7 Å². The number of rotatable bonds is 6. The standard InChI is InChI=1S/C21H25NO3/c1-16(23)13-19-10-6-12-22(19)21(24)18-9-5-11-20(14-18)25-15-17-7-3-2-4-8-17/h2-5,7-9,11,14,16,19,23H,6,10,12-13,15H2,1H3. The van der Waals surface area contributed by atoms with Crippen LogP contribution in [0.4, 0.5) is 0 Å². The van der Waals surface area contributed by atoms with Crippen LogP contribution in [-0.2, 0) is 6.61 Å². The molecule has 0 aromatic heterocycles. The molecule has 132 valence electrons. The molecule has 1 heterocycles. The highest BCUT2D eigenvalue weighted by Gasteiger charge is 2.30. The zero-order chi connectivity index (χ0) is 17.6. The summed E-state index contributed by atoms with van der Waals surface area (Å²) in [4.78, 5) is 14.7. The lowest BCUT2D eigenvalue weighted by atomic mass is 10.1. The second-order valence-corrected chi connectivity index (χ2v) is 6.68. The van der Waals surface area contributed by atoms with Gasteiger partial charge in [-0.25, -0.2) is 0 Å². The molecule has 2 atom stereocenters. The predicted octanol–water partition coefficient (Wildman–Crippen LogP) is 3.64. The Balaban J connectivity index is 1.67. The Hall–Kier alpha value is -2.33. The van der Waals surface area contributed by atoms with Gasteiger partial charge in [0.05, 0.1) is 6.10 Å². The smallest absolute Gasteiger partial charge is 0.254 e. The number of carbonyl (C=O) groups excluding carboxylic acids is 1. The summed E-state index contributed by atoms with van der Waals surface area (Å²) >= 11 is 0. The predicted molar refractivity (Wildman–Crippen MR) is 97.6 cm³/mol. The quantitative estimate of drug-likeness (QED) is 0.874. The molecule has 1 aliphatic rings. The maximum absolute atomic E-state index is 12.9. The van der Waals surface area contributed by atoms with Gasteiger partial charge in [-0.2, -0.15) is 0 Å². The highest BCUT2D eigenvalue weighted by molar-refractivity contribution is 5.95. The molecule has 1 amide bonds. The van der Waals surface area contributed by atoms with E-state index in [0.29, 0.717) is 24.3 Å². The topological polar surface area (TPSA) is 49.8 Å². The summed E-state index contributed by atoms with van der Waals surface area (Å²) in [5.41, 5.74) is 1.74. The third kappa shape index (κ3) is 4.60. The maximum Gasteiger partial charge on any atom is 0.254 e. The van der Waals surface area contributed by atoms with E-state index in [-0.39, 0.29) is 18.1 Å².